The fourth-order valence-electron chi connectivity index (χ4n) is 5.15. The highest BCUT2D eigenvalue weighted by molar-refractivity contribution is 6.07. The van der Waals surface area contributed by atoms with Crippen molar-refractivity contribution in [2.45, 2.75) is 58.7 Å². The van der Waals surface area contributed by atoms with E-state index >= 15 is 0 Å². The summed E-state index contributed by atoms with van der Waals surface area (Å²) in [5.74, 6) is 0.316. The normalized spacial score (nSPS) is 18.6. The molecule has 6 nitrogen and oxygen atoms in total. The molecule has 170 valence electrons. The molecular formula is C27H30N4O2. The first-order chi connectivity index (χ1) is 16.0. The first-order valence-electron chi connectivity index (χ1n) is 11.8. The number of fused-ring (bicyclic) bond motifs is 3. The fraction of sp³-hybridized carbons (Fsp3) is 0.370. The van der Waals surface area contributed by atoms with Crippen LogP contribution in [0.3, 0.4) is 0 Å². The van der Waals surface area contributed by atoms with E-state index in [1.165, 1.54) is 16.7 Å². The van der Waals surface area contributed by atoms with Crippen molar-refractivity contribution in [2.24, 2.45) is 5.92 Å². The molecule has 5 rings (SSSR count). The lowest BCUT2D eigenvalue weighted by Crippen LogP contribution is -2.43. The van der Waals surface area contributed by atoms with Crippen LogP contribution < -0.4 is 10.9 Å². The number of carbonyl (C=O) groups excluding carboxylic acids is 1. The molecule has 1 fully saturated rings. The van der Waals surface area contributed by atoms with Crippen LogP contribution in [0.25, 0.3) is 21.8 Å². The molecule has 2 atom stereocenters. The highest BCUT2D eigenvalue weighted by Crippen LogP contribution is 2.28. The zero-order chi connectivity index (χ0) is 22.9. The molecule has 4 aromatic rings. The van der Waals surface area contributed by atoms with Crippen molar-refractivity contribution >= 4 is 27.7 Å². The molecular weight excluding hydrogens is 412 g/mol. The van der Waals surface area contributed by atoms with Crippen LogP contribution in [0.5, 0.6) is 0 Å². The summed E-state index contributed by atoms with van der Waals surface area (Å²) >= 11 is 0. The van der Waals surface area contributed by atoms with Crippen LogP contribution in [0.4, 0.5) is 0 Å². The van der Waals surface area contributed by atoms with E-state index in [0.717, 1.165) is 41.1 Å². The van der Waals surface area contributed by atoms with Gasteiger partial charge in [-0.15, -0.1) is 0 Å². The molecule has 2 aromatic heterocycles. The van der Waals surface area contributed by atoms with Crippen LogP contribution in [0.2, 0.25) is 0 Å². The molecule has 0 saturated heterocycles. The van der Waals surface area contributed by atoms with Crippen LogP contribution in [-0.4, -0.2) is 26.3 Å². The van der Waals surface area contributed by atoms with E-state index in [-0.39, 0.29) is 24.1 Å². The minimum atomic E-state index is -0.232. The summed E-state index contributed by atoms with van der Waals surface area (Å²) in [7, 11) is 0. The Bertz CT molecular complexity index is 1380. The molecule has 1 aliphatic carbocycles. The summed E-state index contributed by atoms with van der Waals surface area (Å²) in [6.45, 7) is 4.79. The van der Waals surface area contributed by atoms with Crippen molar-refractivity contribution in [3.63, 3.8) is 0 Å². The maximum absolute atomic E-state index is 13.6. The molecule has 1 aliphatic rings. The van der Waals surface area contributed by atoms with E-state index in [9.17, 15) is 9.59 Å². The van der Waals surface area contributed by atoms with Gasteiger partial charge in [0.05, 0.1) is 6.20 Å². The lowest BCUT2D eigenvalue weighted by Gasteiger charge is -2.29. The molecule has 0 unspecified atom stereocenters. The minimum Gasteiger partial charge on any atom is -0.351 e. The van der Waals surface area contributed by atoms with Crippen molar-refractivity contribution in [3.05, 3.63) is 76.2 Å². The molecule has 33 heavy (non-hydrogen) atoms. The average Bonchev–Trinajstić information content (AvgIpc) is 3.13. The molecule has 0 aliphatic heterocycles. The van der Waals surface area contributed by atoms with Gasteiger partial charge in [0.25, 0.3) is 5.56 Å². The summed E-state index contributed by atoms with van der Waals surface area (Å²) < 4.78 is 3.37. The number of aryl methyl sites for hydroxylation is 1. The SMILES string of the molecule is Cc1ccccc1Cn1c2ccccc2c2cnn(CC(=O)N[C@@H]3CCCC[C@H]3C)c(=O)c21. The number of carbonyl (C=O) groups is 1. The maximum Gasteiger partial charge on any atom is 0.291 e. The number of para-hydroxylation sites is 1. The van der Waals surface area contributed by atoms with E-state index in [1.54, 1.807) is 6.20 Å². The van der Waals surface area contributed by atoms with Gasteiger partial charge in [0.1, 0.15) is 12.1 Å². The molecule has 1 saturated carbocycles. The largest absolute Gasteiger partial charge is 0.351 e. The number of hydrogen-bond acceptors (Lipinski definition) is 3. The second kappa shape index (κ2) is 8.85. The molecule has 0 spiro atoms. The van der Waals surface area contributed by atoms with Gasteiger partial charge in [-0.25, -0.2) is 4.68 Å². The Labute approximate surface area is 193 Å². The second-order valence-electron chi connectivity index (χ2n) is 9.34. The Hall–Kier alpha value is -3.41. The average molecular weight is 443 g/mol. The van der Waals surface area contributed by atoms with Gasteiger partial charge < -0.3 is 9.88 Å². The topological polar surface area (TPSA) is 68.9 Å². The molecule has 0 bridgehead atoms. The molecule has 2 heterocycles. The van der Waals surface area contributed by atoms with E-state index in [0.29, 0.717) is 18.0 Å². The van der Waals surface area contributed by atoms with Gasteiger partial charge >= 0.3 is 0 Å². The van der Waals surface area contributed by atoms with Gasteiger partial charge in [-0.1, -0.05) is 62.2 Å². The van der Waals surface area contributed by atoms with Gasteiger partial charge in [-0.2, -0.15) is 5.10 Å². The van der Waals surface area contributed by atoms with Crippen LogP contribution in [0.1, 0.15) is 43.7 Å². The Morgan fingerprint density at radius 3 is 2.64 bits per heavy atom. The smallest absolute Gasteiger partial charge is 0.291 e. The van der Waals surface area contributed by atoms with Gasteiger partial charge in [0.2, 0.25) is 5.91 Å². The standard InChI is InChI=1S/C27H30N4O2/c1-18-9-3-5-11-20(18)16-30-24-14-8-6-12-21(24)22-15-28-31(27(33)26(22)30)17-25(32)29-23-13-7-4-10-19(23)2/h3,5-6,8-9,11-12,14-15,19,23H,4,7,10,13,16-17H2,1-2H3,(H,29,32)/t19-,23-/m1/s1. The Morgan fingerprint density at radius 1 is 1.06 bits per heavy atom. The summed E-state index contributed by atoms with van der Waals surface area (Å²) in [6.07, 6.45) is 6.21. The fourth-order valence-corrected chi connectivity index (χ4v) is 5.15. The van der Waals surface area contributed by atoms with Crippen LogP contribution in [0, 0.1) is 12.8 Å². The summed E-state index contributed by atoms with van der Waals surface area (Å²) in [5, 5.41) is 9.33. The van der Waals surface area contributed by atoms with Crippen LogP contribution in [0.15, 0.2) is 59.5 Å². The van der Waals surface area contributed by atoms with Crippen molar-refractivity contribution in [3.8, 4) is 0 Å². The van der Waals surface area contributed by atoms with E-state index < -0.39 is 0 Å². The number of hydrogen-bond donors (Lipinski definition) is 1. The number of nitrogens with one attached hydrogen (secondary N) is 1. The first-order valence-corrected chi connectivity index (χ1v) is 11.8. The third-order valence-corrected chi connectivity index (χ3v) is 7.11. The number of nitrogens with zero attached hydrogens (tertiary/aromatic N) is 3. The number of rotatable bonds is 5. The van der Waals surface area contributed by atoms with Crippen molar-refractivity contribution in [1.82, 2.24) is 19.7 Å². The summed E-state index contributed by atoms with van der Waals surface area (Å²) in [4.78, 5) is 26.4. The lowest BCUT2D eigenvalue weighted by molar-refractivity contribution is -0.123. The Kier molecular flexibility index (Phi) is 5.75. The monoisotopic (exact) mass is 442 g/mol. The van der Waals surface area contributed by atoms with Crippen molar-refractivity contribution in [1.29, 1.82) is 0 Å². The summed E-state index contributed by atoms with van der Waals surface area (Å²) in [6, 6.07) is 16.4. The Balaban J connectivity index is 1.54. The lowest BCUT2D eigenvalue weighted by atomic mass is 9.86. The van der Waals surface area contributed by atoms with Gasteiger partial charge in [0.15, 0.2) is 0 Å². The highest BCUT2D eigenvalue weighted by atomic mass is 16.2. The first kappa shape index (κ1) is 21.4. The molecule has 0 radical (unpaired) electrons. The quantitative estimate of drug-likeness (QED) is 0.498. The van der Waals surface area contributed by atoms with Crippen LogP contribution in [-0.2, 0) is 17.9 Å². The predicted molar refractivity (Wildman–Crippen MR) is 131 cm³/mol. The predicted octanol–water partition coefficient (Wildman–Crippen LogP) is 4.40. The van der Waals surface area contributed by atoms with E-state index in [4.69, 9.17) is 0 Å². The zero-order valence-corrected chi connectivity index (χ0v) is 19.3. The highest BCUT2D eigenvalue weighted by Gasteiger charge is 2.23. The molecule has 2 aromatic carbocycles. The third-order valence-electron chi connectivity index (χ3n) is 7.11. The number of benzene rings is 2. The second-order valence-corrected chi connectivity index (χ2v) is 9.34. The van der Waals surface area contributed by atoms with Crippen molar-refractivity contribution in [2.75, 3.05) is 0 Å². The van der Waals surface area contributed by atoms with Crippen LogP contribution >= 0.6 is 0 Å². The van der Waals surface area contributed by atoms with E-state index in [1.807, 2.05) is 36.4 Å². The van der Waals surface area contributed by atoms with Crippen molar-refractivity contribution < 1.29 is 4.79 Å². The molecule has 6 heteroatoms. The minimum absolute atomic E-state index is 0.0656. The molecule has 1 amide bonds. The zero-order valence-electron chi connectivity index (χ0n) is 19.3. The van der Waals surface area contributed by atoms with Gasteiger partial charge in [-0.3, -0.25) is 9.59 Å². The van der Waals surface area contributed by atoms with Gasteiger partial charge in [-0.05, 0) is 42.9 Å². The Morgan fingerprint density at radius 2 is 1.82 bits per heavy atom. The summed E-state index contributed by atoms with van der Waals surface area (Å²) in [5.41, 5.74) is 3.69. The molecule has 1 N–H and O–H groups in total. The van der Waals surface area contributed by atoms with E-state index in [2.05, 4.69) is 41.0 Å². The number of aromatic nitrogens is 3. The third kappa shape index (κ3) is 4.06. The van der Waals surface area contributed by atoms with Gasteiger partial charge in [0, 0.05) is 28.9 Å². The maximum atomic E-state index is 13.6. The number of amides is 1.